The van der Waals surface area contributed by atoms with E-state index >= 15 is 0 Å². The van der Waals surface area contributed by atoms with Gasteiger partial charge in [0.05, 0.1) is 20.8 Å². The molecule has 3 rings (SSSR count). The molecule has 1 aromatic heterocycles. The number of thiophene rings is 1. The Morgan fingerprint density at radius 2 is 1.89 bits per heavy atom. The van der Waals surface area contributed by atoms with Gasteiger partial charge in [-0.2, -0.15) is 0 Å². The van der Waals surface area contributed by atoms with Crippen molar-refractivity contribution in [2.75, 3.05) is 27.3 Å². The number of ether oxygens (including phenoxy) is 2. The molecular weight excluding hydrogens is 460 g/mol. The van der Waals surface area contributed by atoms with E-state index in [2.05, 4.69) is 19.9 Å². The second-order valence-corrected chi connectivity index (χ2v) is 10.3. The molecule has 2 amide bonds. The Bertz CT molecular complexity index is 942. The maximum absolute atomic E-state index is 13.6. The maximum Gasteiger partial charge on any atom is 0.242 e. The lowest BCUT2D eigenvalue weighted by molar-refractivity contribution is -0.144. The normalized spacial score (nSPS) is 13.8. The fourth-order valence-electron chi connectivity index (χ4n) is 4.39. The number of hydrogen-bond acceptors (Lipinski definition) is 5. The van der Waals surface area contributed by atoms with Gasteiger partial charge >= 0.3 is 0 Å². The molecule has 0 spiro atoms. The number of benzene rings is 1. The molecule has 192 valence electrons. The van der Waals surface area contributed by atoms with Crippen molar-refractivity contribution in [1.82, 2.24) is 9.80 Å². The minimum Gasteiger partial charge on any atom is -0.493 e. The van der Waals surface area contributed by atoms with E-state index in [0.29, 0.717) is 31.0 Å². The number of carbonyl (C=O) groups excluding carboxylic acids is 2. The Morgan fingerprint density at radius 1 is 1.11 bits per heavy atom. The summed E-state index contributed by atoms with van der Waals surface area (Å²) >= 11 is 1.65. The molecule has 6 nitrogen and oxygen atoms in total. The first-order valence-electron chi connectivity index (χ1n) is 12.8. The van der Waals surface area contributed by atoms with Gasteiger partial charge in [0, 0.05) is 23.4 Å². The zero-order valence-corrected chi connectivity index (χ0v) is 22.4. The lowest BCUT2D eigenvalue weighted by Crippen LogP contribution is -2.46. The molecule has 1 saturated carbocycles. The Hall–Kier alpha value is -2.54. The van der Waals surface area contributed by atoms with Gasteiger partial charge < -0.3 is 19.3 Å². The van der Waals surface area contributed by atoms with Gasteiger partial charge in [0.25, 0.3) is 0 Å². The number of methoxy groups -OCH3 is 2. The van der Waals surface area contributed by atoms with E-state index < -0.39 is 0 Å². The summed E-state index contributed by atoms with van der Waals surface area (Å²) in [6, 6.07) is 10.2. The standard InChI is InChI=1S/C28H40N2O4S/c1-5-7-9-22(6-2)28(32)30(23-12-13-23)20-27(31)29(19-24-10-8-17-35-24)16-15-21-11-14-25(33-3)26(18-21)34-4/h8,10-11,14,17-18,22-23H,5-7,9,12-13,15-16,19-20H2,1-4H3. The maximum atomic E-state index is 13.6. The van der Waals surface area contributed by atoms with E-state index in [-0.39, 0.29) is 30.3 Å². The zero-order chi connectivity index (χ0) is 25.2. The molecule has 1 unspecified atom stereocenters. The van der Waals surface area contributed by atoms with Crippen molar-refractivity contribution < 1.29 is 19.1 Å². The van der Waals surface area contributed by atoms with E-state index in [1.54, 1.807) is 25.6 Å². The lowest BCUT2D eigenvalue weighted by atomic mass is 9.97. The highest BCUT2D eigenvalue weighted by Gasteiger charge is 2.37. The number of unbranched alkanes of at least 4 members (excludes halogenated alkanes) is 1. The highest BCUT2D eigenvalue weighted by atomic mass is 32.1. The van der Waals surface area contributed by atoms with Crippen LogP contribution < -0.4 is 9.47 Å². The Labute approximate surface area is 214 Å². The van der Waals surface area contributed by atoms with Crippen LogP contribution in [0.5, 0.6) is 11.5 Å². The molecule has 7 heteroatoms. The third kappa shape index (κ3) is 7.72. The summed E-state index contributed by atoms with van der Waals surface area (Å²) in [7, 11) is 3.25. The number of rotatable bonds is 15. The van der Waals surface area contributed by atoms with Crippen LogP contribution in [0, 0.1) is 5.92 Å². The van der Waals surface area contributed by atoms with Crippen molar-refractivity contribution in [3.05, 3.63) is 46.2 Å². The van der Waals surface area contributed by atoms with Gasteiger partial charge in [0.2, 0.25) is 11.8 Å². The van der Waals surface area contributed by atoms with Gasteiger partial charge in [0.1, 0.15) is 6.54 Å². The fourth-order valence-corrected chi connectivity index (χ4v) is 5.11. The summed E-state index contributed by atoms with van der Waals surface area (Å²) in [5.41, 5.74) is 1.08. The molecule has 1 fully saturated rings. The van der Waals surface area contributed by atoms with Gasteiger partial charge in [-0.15, -0.1) is 11.3 Å². The van der Waals surface area contributed by atoms with Gasteiger partial charge in [-0.25, -0.2) is 0 Å². The first kappa shape index (κ1) is 27.1. The SMILES string of the molecule is CCCCC(CC)C(=O)N(CC(=O)N(CCc1ccc(OC)c(OC)c1)Cc1cccs1)C1CC1. The number of nitrogens with zero attached hydrogens (tertiary/aromatic N) is 2. The average Bonchev–Trinajstić information content (AvgIpc) is 3.59. The monoisotopic (exact) mass is 500 g/mol. The van der Waals surface area contributed by atoms with Crippen LogP contribution in [0.15, 0.2) is 35.7 Å². The van der Waals surface area contributed by atoms with Crippen LogP contribution in [-0.4, -0.2) is 55.0 Å². The summed E-state index contributed by atoms with van der Waals surface area (Å²) < 4.78 is 10.8. The average molecular weight is 501 g/mol. The van der Waals surface area contributed by atoms with Crippen molar-refractivity contribution in [2.24, 2.45) is 5.92 Å². The summed E-state index contributed by atoms with van der Waals surface area (Å²) in [6.07, 6.45) is 6.56. The Morgan fingerprint density at radius 3 is 2.49 bits per heavy atom. The van der Waals surface area contributed by atoms with E-state index in [1.165, 1.54) is 0 Å². The molecule has 35 heavy (non-hydrogen) atoms. The van der Waals surface area contributed by atoms with Crippen LogP contribution in [0.25, 0.3) is 0 Å². The second kappa shape index (κ2) is 13.5. The highest BCUT2D eigenvalue weighted by molar-refractivity contribution is 7.09. The third-order valence-corrected chi connectivity index (χ3v) is 7.58. The summed E-state index contributed by atoms with van der Waals surface area (Å²) in [5.74, 6) is 1.57. The van der Waals surface area contributed by atoms with E-state index in [0.717, 1.165) is 49.0 Å². The smallest absolute Gasteiger partial charge is 0.242 e. The highest BCUT2D eigenvalue weighted by Crippen LogP contribution is 2.30. The molecule has 2 aromatic rings. The van der Waals surface area contributed by atoms with Crippen molar-refractivity contribution in [3.63, 3.8) is 0 Å². The molecule has 0 aliphatic heterocycles. The first-order chi connectivity index (χ1) is 17.0. The summed E-state index contributed by atoms with van der Waals surface area (Å²) in [6.45, 7) is 5.54. The molecule has 1 aliphatic carbocycles. The van der Waals surface area contributed by atoms with Crippen molar-refractivity contribution in [3.8, 4) is 11.5 Å². The summed E-state index contributed by atoms with van der Waals surface area (Å²) in [5, 5.41) is 2.03. The third-order valence-electron chi connectivity index (χ3n) is 6.72. The van der Waals surface area contributed by atoms with Gasteiger partial charge in [-0.1, -0.05) is 38.8 Å². The largest absolute Gasteiger partial charge is 0.493 e. The van der Waals surface area contributed by atoms with E-state index in [4.69, 9.17) is 9.47 Å². The van der Waals surface area contributed by atoms with Gasteiger partial charge in [-0.3, -0.25) is 9.59 Å². The minimum atomic E-state index is 0.0147. The Balaban J connectivity index is 1.72. The molecule has 1 heterocycles. The molecule has 0 radical (unpaired) electrons. The lowest BCUT2D eigenvalue weighted by Gasteiger charge is -2.30. The fraction of sp³-hybridized carbons (Fsp3) is 0.571. The van der Waals surface area contributed by atoms with Crippen LogP contribution in [0.2, 0.25) is 0 Å². The first-order valence-corrected chi connectivity index (χ1v) is 13.7. The van der Waals surface area contributed by atoms with E-state index in [1.807, 2.05) is 39.4 Å². The Kier molecular flexibility index (Phi) is 10.5. The quantitative estimate of drug-likeness (QED) is 0.322. The van der Waals surface area contributed by atoms with Crippen molar-refractivity contribution >= 4 is 23.2 Å². The van der Waals surface area contributed by atoms with Crippen molar-refractivity contribution in [1.29, 1.82) is 0 Å². The second-order valence-electron chi connectivity index (χ2n) is 9.28. The predicted molar refractivity (Wildman–Crippen MR) is 141 cm³/mol. The molecule has 1 aliphatic rings. The number of amides is 2. The van der Waals surface area contributed by atoms with Crippen LogP contribution >= 0.6 is 11.3 Å². The molecule has 0 N–H and O–H groups in total. The van der Waals surface area contributed by atoms with Crippen LogP contribution in [0.1, 0.15) is 62.8 Å². The van der Waals surface area contributed by atoms with Crippen LogP contribution in [0.3, 0.4) is 0 Å². The molecule has 1 atom stereocenters. The molecule has 0 bridgehead atoms. The summed E-state index contributed by atoms with van der Waals surface area (Å²) in [4.78, 5) is 31.9. The molecule has 1 aromatic carbocycles. The molecule has 0 saturated heterocycles. The van der Waals surface area contributed by atoms with Crippen LogP contribution in [-0.2, 0) is 22.6 Å². The predicted octanol–water partition coefficient (Wildman–Crippen LogP) is 5.54. The van der Waals surface area contributed by atoms with Crippen molar-refractivity contribution in [2.45, 2.75) is 71.4 Å². The zero-order valence-electron chi connectivity index (χ0n) is 21.6. The van der Waals surface area contributed by atoms with Gasteiger partial charge in [-0.05, 0) is 61.2 Å². The van der Waals surface area contributed by atoms with Gasteiger partial charge in [0.15, 0.2) is 11.5 Å². The topological polar surface area (TPSA) is 59.1 Å². The molecular formula is C28H40N2O4S. The number of carbonyl (C=O) groups is 2. The van der Waals surface area contributed by atoms with E-state index in [9.17, 15) is 9.59 Å². The van der Waals surface area contributed by atoms with Crippen LogP contribution in [0.4, 0.5) is 0 Å². The number of hydrogen-bond donors (Lipinski definition) is 0. The minimum absolute atomic E-state index is 0.0147.